The Kier molecular flexibility index (Phi) is 9.35. The Morgan fingerprint density at radius 2 is 0.738 bits per heavy atom. The van der Waals surface area contributed by atoms with Gasteiger partial charge in [-0.25, -0.2) is 0 Å². The van der Waals surface area contributed by atoms with Gasteiger partial charge in [0.2, 0.25) is 0 Å². The molecule has 1 unspecified atom stereocenters. The van der Waals surface area contributed by atoms with E-state index in [0.717, 1.165) is 22.6 Å². The van der Waals surface area contributed by atoms with E-state index in [-0.39, 0.29) is 5.41 Å². The molecule has 0 spiro atoms. The summed E-state index contributed by atoms with van der Waals surface area (Å²) >= 11 is 0. The molecule has 65 heavy (non-hydrogen) atoms. The first-order valence-corrected chi connectivity index (χ1v) is 22.6. The summed E-state index contributed by atoms with van der Waals surface area (Å²) in [5, 5.41) is 5.00. The molecule has 0 aliphatic heterocycles. The van der Waals surface area contributed by atoms with Crippen LogP contribution in [0.3, 0.4) is 0 Å². The molecule has 306 valence electrons. The normalized spacial score (nSPS) is 14.0. The van der Waals surface area contributed by atoms with Crippen molar-refractivity contribution in [2.75, 3.05) is 4.90 Å². The van der Waals surface area contributed by atoms with Gasteiger partial charge in [-0.1, -0.05) is 212 Å². The highest BCUT2D eigenvalue weighted by Crippen LogP contribution is 2.54. The van der Waals surface area contributed by atoms with E-state index in [2.05, 4.69) is 267 Å². The zero-order valence-corrected chi connectivity index (χ0v) is 36.2. The van der Waals surface area contributed by atoms with Gasteiger partial charge in [-0.2, -0.15) is 0 Å². The van der Waals surface area contributed by atoms with Crippen LogP contribution in [0.4, 0.5) is 17.1 Å². The molecule has 1 atom stereocenters. The topological polar surface area (TPSA) is 3.24 Å². The SMILES string of the molecule is CC1(c2ccccc2)c2ccccc2-c2cc(N(c3cccc(-c4ccccc4)c3)c3cccc(-c4ccc5c(c4)c(-c4ccccc4)c(-c4ccccc4)c4ccccc45)c3)ccc21. The molecule has 11 aromatic rings. The number of hydrogen-bond acceptors (Lipinski definition) is 1. The molecule has 1 nitrogen and oxygen atoms in total. The van der Waals surface area contributed by atoms with E-state index in [9.17, 15) is 0 Å². The van der Waals surface area contributed by atoms with Crippen molar-refractivity contribution in [1.82, 2.24) is 0 Å². The Morgan fingerprint density at radius 1 is 0.277 bits per heavy atom. The van der Waals surface area contributed by atoms with Crippen LogP contribution < -0.4 is 4.90 Å². The smallest absolute Gasteiger partial charge is 0.0468 e. The number of nitrogens with zero attached hydrogens (tertiary/aromatic N) is 1. The zero-order chi connectivity index (χ0) is 43.3. The molecule has 0 radical (unpaired) electrons. The summed E-state index contributed by atoms with van der Waals surface area (Å²) in [6.07, 6.45) is 0. The van der Waals surface area contributed by atoms with Crippen LogP contribution in [-0.2, 0) is 5.41 Å². The highest BCUT2D eigenvalue weighted by Gasteiger charge is 2.41. The summed E-state index contributed by atoms with van der Waals surface area (Å²) in [6, 6.07) is 93.6. The van der Waals surface area contributed by atoms with Crippen molar-refractivity contribution < 1.29 is 0 Å². The van der Waals surface area contributed by atoms with Gasteiger partial charge >= 0.3 is 0 Å². The third-order valence-electron chi connectivity index (χ3n) is 13.7. The quantitative estimate of drug-likeness (QED) is 0.138. The first kappa shape index (κ1) is 38.4. The third kappa shape index (κ3) is 6.47. The Bertz CT molecular complexity index is 3540. The van der Waals surface area contributed by atoms with Crippen molar-refractivity contribution >= 4 is 38.6 Å². The van der Waals surface area contributed by atoms with E-state index in [1.807, 2.05) is 0 Å². The highest BCUT2D eigenvalue weighted by atomic mass is 15.1. The van der Waals surface area contributed by atoms with Crippen LogP contribution in [0.15, 0.2) is 255 Å². The maximum Gasteiger partial charge on any atom is 0.0468 e. The van der Waals surface area contributed by atoms with Crippen molar-refractivity contribution in [3.05, 3.63) is 271 Å². The molecule has 1 aliphatic carbocycles. The highest BCUT2D eigenvalue weighted by molar-refractivity contribution is 6.22. The van der Waals surface area contributed by atoms with Crippen LogP contribution in [-0.4, -0.2) is 0 Å². The largest absolute Gasteiger partial charge is 0.310 e. The van der Waals surface area contributed by atoms with E-state index in [4.69, 9.17) is 0 Å². The molecule has 0 saturated heterocycles. The first-order chi connectivity index (χ1) is 32.1. The van der Waals surface area contributed by atoms with Gasteiger partial charge in [-0.05, 0) is 143 Å². The number of anilines is 3. The van der Waals surface area contributed by atoms with Crippen molar-refractivity contribution in [3.8, 4) is 55.6 Å². The fraction of sp³-hybridized carbons (Fsp3) is 0.0312. The molecule has 0 saturated carbocycles. The minimum atomic E-state index is -0.274. The van der Waals surface area contributed by atoms with Crippen LogP contribution in [0.1, 0.15) is 23.6 Å². The average molecular weight is 828 g/mol. The van der Waals surface area contributed by atoms with Crippen molar-refractivity contribution in [2.24, 2.45) is 0 Å². The molecular weight excluding hydrogens is 783 g/mol. The Labute approximate surface area is 381 Å². The lowest BCUT2D eigenvalue weighted by atomic mass is 9.74. The maximum absolute atomic E-state index is 2.44. The van der Waals surface area contributed by atoms with Gasteiger partial charge in [0, 0.05) is 22.5 Å². The summed E-state index contributed by atoms with van der Waals surface area (Å²) < 4.78 is 0. The minimum Gasteiger partial charge on any atom is -0.310 e. The predicted molar refractivity (Wildman–Crippen MR) is 275 cm³/mol. The van der Waals surface area contributed by atoms with Crippen LogP contribution in [0.2, 0.25) is 0 Å². The second kappa shape index (κ2) is 15.8. The van der Waals surface area contributed by atoms with Gasteiger partial charge in [0.1, 0.15) is 0 Å². The lowest BCUT2D eigenvalue weighted by molar-refractivity contribution is 0.714. The average Bonchev–Trinajstić information content (AvgIpc) is 3.64. The molecule has 0 bridgehead atoms. The summed E-state index contributed by atoms with van der Waals surface area (Å²) in [6.45, 7) is 2.38. The van der Waals surface area contributed by atoms with Gasteiger partial charge in [0.25, 0.3) is 0 Å². The van der Waals surface area contributed by atoms with Gasteiger partial charge in [-0.3, -0.25) is 0 Å². The Morgan fingerprint density at radius 3 is 1.40 bits per heavy atom. The fourth-order valence-corrected chi connectivity index (χ4v) is 10.6. The van der Waals surface area contributed by atoms with E-state index in [1.54, 1.807) is 0 Å². The monoisotopic (exact) mass is 827 g/mol. The van der Waals surface area contributed by atoms with Gasteiger partial charge in [0.05, 0.1) is 0 Å². The number of hydrogen-bond donors (Lipinski definition) is 0. The van der Waals surface area contributed by atoms with Crippen molar-refractivity contribution in [3.63, 3.8) is 0 Å². The molecule has 0 aromatic heterocycles. The molecule has 0 N–H and O–H groups in total. The maximum atomic E-state index is 2.44. The molecule has 0 fully saturated rings. The minimum absolute atomic E-state index is 0.274. The van der Waals surface area contributed by atoms with E-state index >= 15 is 0 Å². The molecule has 0 heterocycles. The predicted octanol–water partition coefficient (Wildman–Crippen LogP) is 17.5. The Hall–Kier alpha value is -8.26. The number of rotatable bonds is 8. The van der Waals surface area contributed by atoms with Gasteiger partial charge in [0.15, 0.2) is 0 Å². The third-order valence-corrected chi connectivity index (χ3v) is 13.7. The number of benzene rings is 11. The second-order valence-corrected chi connectivity index (χ2v) is 17.4. The molecule has 11 aromatic carbocycles. The molecule has 12 rings (SSSR count). The van der Waals surface area contributed by atoms with Crippen LogP contribution in [0.5, 0.6) is 0 Å². The lowest BCUT2D eigenvalue weighted by Gasteiger charge is -2.30. The van der Waals surface area contributed by atoms with Crippen LogP contribution in [0.25, 0.3) is 77.2 Å². The summed E-state index contributed by atoms with van der Waals surface area (Å²) in [4.78, 5) is 2.44. The molecule has 1 aliphatic rings. The van der Waals surface area contributed by atoms with Gasteiger partial charge < -0.3 is 4.90 Å². The van der Waals surface area contributed by atoms with E-state index in [0.29, 0.717) is 0 Å². The summed E-state index contributed by atoms with van der Waals surface area (Å²) in [7, 11) is 0. The van der Waals surface area contributed by atoms with Crippen molar-refractivity contribution in [1.29, 1.82) is 0 Å². The van der Waals surface area contributed by atoms with E-state index < -0.39 is 0 Å². The molecule has 0 amide bonds. The standard InChI is InChI=1S/C64H45N/c1-64(50-28-12-5-13-29-50)60-35-17-16-33-56(60)58-43-53(37-39-61(58)64)65(51-30-18-26-47(40-51)44-20-6-2-7-21-44)52-31-19-27-48(41-52)49-36-38-55-54-32-14-15-34-57(54)62(45-22-8-3-9-23-45)63(59(55)42-49)46-24-10-4-11-25-46/h2-43H,1H3. The van der Waals surface area contributed by atoms with Gasteiger partial charge in [-0.15, -0.1) is 0 Å². The van der Waals surface area contributed by atoms with Crippen molar-refractivity contribution in [2.45, 2.75) is 12.3 Å². The summed E-state index contributed by atoms with van der Waals surface area (Å²) in [5.74, 6) is 0. The summed E-state index contributed by atoms with van der Waals surface area (Å²) in [5.41, 5.74) is 19.2. The zero-order valence-electron chi connectivity index (χ0n) is 36.2. The number of fused-ring (bicyclic) bond motifs is 6. The molecule has 1 heteroatoms. The first-order valence-electron chi connectivity index (χ1n) is 22.6. The molecular formula is C64H45N. The van der Waals surface area contributed by atoms with E-state index in [1.165, 1.54) is 88.3 Å². The van der Waals surface area contributed by atoms with Crippen LogP contribution in [0, 0.1) is 0 Å². The Balaban J connectivity index is 1.06. The second-order valence-electron chi connectivity index (χ2n) is 17.4. The van der Waals surface area contributed by atoms with Crippen LogP contribution >= 0.6 is 0 Å². The fourth-order valence-electron chi connectivity index (χ4n) is 10.6. The lowest BCUT2D eigenvalue weighted by Crippen LogP contribution is -2.22.